The van der Waals surface area contributed by atoms with Gasteiger partial charge in [0.2, 0.25) is 5.91 Å². The lowest BCUT2D eigenvalue weighted by Gasteiger charge is -2.28. The first-order chi connectivity index (χ1) is 7.59. The zero-order valence-corrected chi connectivity index (χ0v) is 9.03. The standard InChI is InChI=1S/C10H9ClN2O3/c11-6-2-1-3-7-10(6)16-5-9(15)13(7)4-8(12)14/h1-3H,4-5H2,(H2,12,14). The number of amides is 2. The maximum absolute atomic E-state index is 11.6. The highest BCUT2D eigenvalue weighted by Crippen LogP contribution is 2.37. The number of para-hydroxylation sites is 1. The summed E-state index contributed by atoms with van der Waals surface area (Å²) < 4.78 is 5.20. The third-order valence-corrected chi connectivity index (χ3v) is 2.49. The summed E-state index contributed by atoms with van der Waals surface area (Å²) in [7, 11) is 0. The minimum absolute atomic E-state index is 0.135. The van der Waals surface area contributed by atoms with Gasteiger partial charge in [-0.05, 0) is 12.1 Å². The van der Waals surface area contributed by atoms with Crippen LogP contribution in [0.3, 0.4) is 0 Å². The van der Waals surface area contributed by atoms with Gasteiger partial charge in [-0.15, -0.1) is 0 Å². The van der Waals surface area contributed by atoms with Gasteiger partial charge in [0, 0.05) is 0 Å². The van der Waals surface area contributed by atoms with Crippen LogP contribution in [0.15, 0.2) is 18.2 Å². The van der Waals surface area contributed by atoms with Crippen molar-refractivity contribution in [2.24, 2.45) is 5.73 Å². The monoisotopic (exact) mass is 240 g/mol. The highest BCUT2D eigenvalue weighted by Gasteiger charge is 2.27. The van der Waals surface area contributed by atoms with E-state index >= 15 is 0 Å². The number of nitrogens with two attached hydrogens (primary N) is 1. The van der Waals surface area contributed by atoms with E-state index in [4.69, 9.17) is 22.1 Å². The lowest BCUT2D eigenvalue weighted by atomic mass is 10.2. The second-order valence-electron chi connectivity index (χ2n) is 3.32. The molecule has 16 heavy (non-hydrogen) atoms. The second-order valence-corrected chi connectivity index (χ2v) is 3.73. The van der Waals surface area contributed by atoms with Crippen molar-refractivity contribution in [1.82, 2.24) is 0 Å². The summed E-state index contributed by atoms with van der Waals surface area (Å²) in [5.74, 6) is -0.486. The van der Waals surface area contributed by atoms with E-state index in [-0.39, 0.29) is 19.1 Å². The Morgan fingerprint density at radius 3 is 3.00 bits per heavy atom. The summed E-state index contributed by atoms with van der Waals surface area (Å²) >= 11 is 5.91. The van der Waals surface area contributed by atoms with Gasteiger partial charge in [0.25, 0.3) is 5.91 Å². The SMILES string of the molecule is NC(=O)CN1C(=O)COc2c(Cl)cccc21. The molecule has 0 aliphatic carbocycles. The van der Waals surface area contributed by atoms with Gasteiger partial charge >= 0.3 is 0 Å². The minimum atomic E-state index is -0.582. The molecule has 2 rings (SSSR count). The summed E-state index contributed by atoms with van der Waals surface area (Å²) in [5.41, 5.74) is 5.55. The molecule has 1 aromatic rings. The van der Waals surface area contributed by atoms with Crippen LogP contribution >= 0.6 is 11.6 Å². The number of benzene rings is 1. The van der Waals surface area contributed by atoms with Gasteiger partial charge in [-0.3, -0.25) is 14.5 Å². The third-order valence-electron chi connectivity index (χ3n) is 2.19. The average Bonchev–Trinajstić information content (AvgIpc) is 2.22. The van der Waals surface area contributed by atoms with Crippen LogP contribution in [-0.2, 0) is 9.59 Å². The fraction of sp³-hybridized carbons (Fsp3) is 0.200. The molecule has 0 saturated carbocycles. The Morgan fingerprint density at radius 2 is 2.31 bits per heavy atom. The van der Waals surface area contributed by atoms with Gasteiger partial charge in [-0.25, -0.2) is 0 Å². The van der Waals surface area contributed by atoms with E-state index in [0.717, 1.165) is 0 Å². The number of ether oxygens (including phenoxy) is 1. The van der Waals surface area contributed by atoms with E-state index < -0.39 is 5.91 Å². The predicted molar refractivity (Wildman–Crippen MR) is 58.5 cm³/mol. The number of halogens is 1. The molecular formula is C10H9ClN2O3. The molecule has 0 aromatic heterocycles. The van der Waals surface area contributed by atoms with Crippen molar-refractivity contribution in [2.75, 3.05) is 18.1 Å². The molecule has 1 aromatic carbocycles. The third kappa shape index (κ3) is 1.81. The van der Waals surface area contributed by atoms with Crippen LogP contribution < -0.4 is 15.4 Å². The van der Waals surface area contributed by atoms with Crippen LogP contribution in [0.25, 0.3) is 0 Å². The van der Waals surface area contributed by atoms with Crippen LogP contribution in [0.5, 0.6) is 5.75 Å². The Bertz CT molecular complexity index is 461. The topological polar surface area (TPSA) is 72.6 Å². The van der Waals surface area contributed by atoms with Gasteiger partial charge < -0.3 is 10.5 Å². The first-order valence-corrected chi connectivity index (χ1v) is 4.97. The maximum Gasteiger partial charge on any atom is 0.265 e. The number of hydrogen-bond donors (Lipinski definition) is 1. The van der Waals surface area contributed by atoms with Crippen molar-refractivity contribution in [3.05, 3.63) is 23.2 Å². The molecule has 1 heterocycles. The molecule has 2 amide bonds. The molecule has 0 bridgehead atoms. The van der Waals surface area contributed by atoms with Gasteiger partial charge in [0.1, 0.15) is 6.54 Å². The van der Waals surface area contributed by atoms with Crippen LogP contribution in [-0.4, -0.2) is 25.0 Å². The molecule has 2 N–H and O–H groups in total. The van der Waals surface area contributed by atoms with Gasteiger partial charge in [0.15, 0.2) is 12.4 Å². The maximum atomic E-state index is 11.6. The molecule has 0 radical (unpaired) electrons. The molecule has 0 unspecified atom stereocenters. The highest BCUT2D eigenvalue weighted by molar-refractivity contribution is 6.32. The van der Waals surface area contributed by atoms with Crippen LogP contribution in [0.2, 0.25) is 5.02 Å². The molecule has 0 atom stereocenters. The number of rotatable bonds is 2. The first-order valence-electron chi connectivity index (χ1n) is 4.59. The van der Waals surface area contributed by atoms with Crippen molar-refractivity contribution in [3.8, 4) is 5.75 Å². The van der Waals surface area contributed by atoms with E-state index in [1.807, 2.05) is 0 Å². The Morgan fingerprint density at radius 1 is 1.56 bits per heavy atom. The Balaban J connectivity index is 2.44. The van der Waals surface area contributed by atoms with Crippen molar-refractivity contribution < 1.29 is 14.3 Å². The van der Waals surface area contributed by atoms with Crippen LogP contribution in [0, 0.1) is 0 Å². The predicted octanol–water partition coefficient (Wildman–Crippen LogP) is 0.551. The van der Waals surface area contributed by atoms with E-state index in [1.165, 1.54) is 4.90 Å². The van der Waals surface area contributed by atoms with E-state index in [9.17, 15) is 9.59 Å². The van der Waals surface area contributed by atoms with Crippen LogP contribution in [0.1, 0.15) is 0 Å². The normalized spacial score (nSPS) is 14.3. The Kier molecular flexibility index (Phi) is 2.70. The molecule has 5 nitrogen and oxygen atoms in total. The number of carbonyl (C=O) groups excluding carboxylic acids is 2. The molecule has 84 valence electrons. The minimum Gasteiger partial charge on any atom is -0.480 e. The van der Waals surface area contributed by atoms with Crippen LogP contribution in [0.4, 0.5) is 5.69 Å². The molecule has 0 fully saturated rings. The summed E-state index contributed by atoms with van der Waals surface area (Å²) in [6.07, 6.45) is 0. The van der Waals surface area contributed by atoms with Crippen molar-refractivity contribution in [3.63, 3.8) is 0 Å². The quantitative estimate of drug-likeness (QED) is 0.821. The molecule has 1 aliphatic rings. The lowest BCUT2D eigenvalue weighted by molar-refractivity contribution is -0.124. The van der Waals surface area contributed by atoms with Gasteiger partial charge in [-0.1, -0.05) is 17.7 Å². The number of nitrogens with zero attached hydrogens (tertiary/aromatic N) is 1. The van der Waals surface area contributed by atoms with Crippen molar-refractivity contribution >= 4 is 29.1 Å². The van der Waals surface area contributed by atoms with E-state index in [0.29, 0.717) is 16.5 Å². The van der Waals surface area contributed by atoms with Crippen molar-refractivity contribution in [2.45, 2.75) is 0 Å². The zero-order valence-electron chi connectivity index (χ0n) is 8.27. The summed E-state index contributed by atoms with van der Waals surface area (Å²) in [4.78, 5) is 23.7. The molecular weight excluding hydrogens is 232 g/mol. The summed E-state index contributed by atoms with van der Waals surface area (Å²) in [6.45, 7) is -0.306. The Hall–Kier alpha value is -1.75. The smallest absolute Gasteiger partial charge is 0.265 e. The molecule has 6 heteroatoms. The highest BCUT2D eigenvalue weighted by atomic mass is 35.5. The van der Waals surface area contributed by atoms with E-state index in [2.05, 4.69) is 0 Å². The van der Waals surface area contributed by atoms with Crippen molar-refractivity contribution in [1.29, 1.82) is 0 Å². The number of hydrogen-bond acceptors (Lipinski definition) is 3. The number of primary amides is 1. The first kappa shape index (κ1) is 10.8. The van der Waals surface area contributed by atoms with E-state index in [1.54, 1.807) is 18.2 Å². The fourth-order valence-electron chi connectivity index (χ4n) is 1.53. The van der Waals surface area contributed by atoms with Gasteiger partial charge in [0.05, 0.1) is 10.7 Å². The lowest BCUT2D eigenvalue weighted by Crippen LogP contribution is -2.43. The Labute approximate surface area is 96.7 Å². The number of anilines is 1. The molecule has 1 aliphatic heterocycles. The van der Waals surface area contributed by atoms with Gasteiger partial charge in [-0.2, -0.15) is 0 Å². The summed E-state index contributed by atoms with van der Waals surface area (Å²) in [5, 5.41) is 0.402. The zero-order chi connectivity index (χ0) is 11.7. The average molecular weight is 241 g/mol. The number of carbonyl (C=O) groups is 2. The number of fused-ring (bicyclic) bond motifs is 1. The summed E-state index contributed by atoms with van der Waals surface area (Å²) in [6, 6.07) is 4.98. The molecule has 0 saturated heterocycles. The second kappa shape index (κ2) is 4.02. The molecule has 0 spiro atoms. The largest absolute Gasteiger partial charge is 0.480 e. The fourth-order valence-corrected chi connectivity index (χ4v) is 1.75.